The third kappa shape index (κ3) is 3.29. The summed E-state index contributed by atoms with van der Waals surface area (Å²) in [5, 5.41) is 5.66. The van der Waals surface area contributed by atoms with Crippen LogP contribution in [0.5, 0.6) is 0 Å². The van der Waals surface area contributed by atoms with Gasteiger partial charge in [0.15, 0.2) is 5.69 Å². The van der Waals surface area contributed by atoms with Crippen molar-refractivity contribution in [1.29, 1.82) is 0 Å². The Balaban J connectivity index is 2.00. The lowest BCUT2D eigenvalue weighted by atomic mass is 10.2. The van der Waals surface area contributed by atoms with Gasteiger partial charge in [-0.15, -0.1) is 0 Å². The summed E-state index contributed by atoms with van der Waals surface area (Å²) >= 11 is 3.23. The molecule has 1 heterocycles. The highest BCUT2D eigenvalue weighted by Crippen LogP contribution is 2.15. The molecule has 7 nitrogen and oxygen atoms in total. The summed E-state index contributed by atoms with van der Waals surface area (Å²) in [5.74, 6) is -1.11. The number of aromatic nitrogens is 2. The molecule has 20 heavy (non-hydrogen) atoms. The van der Waals surface area contributed by atoms with Crippen LogP contribution in [0.3, 0.4) is 0 Å². The first-order chi connectivity index (χ1) is 9.58. The van der Waals surface area contributed by atoms with E-state index in [0.29, 0.717) is 10.0 Å². The molecule has 2 rings (SSSR count). The van der Waals surface area contributed by atoms with Gasteiger partial charge in [0.25, 0.3) is 17.4 Å². The second-order valence-corrected chi connectivity index (χ2v) is 4.55. The van der Waals surface area contributed by atoms with Gasteiger partial charge in [0.05, 0.1) is 5.56 Å². The number of amides is 2. The Kier molecular flexibility index (Phi) is 4.26. The number of halogens is 1. The summed E-state index contributed by atoms with van der Waals surface area (Å²) in [7, 11) is 0. The van der Waals surface area contributed by atoms with Crippen LogP contribution in [0.2, 0.25) is 0 Å². The van der Waals surface area contributed by atoms with Crippen LogP contribution in [0.4, 0.5) is 0 Å². The molecule has 2 aromatic rings. The number of hydrogen-bond donors (Lipinski definition) is 3. The summed E-state index contributed by atoms with van der Waals surface area (Å²) in [5.41, 5.74) is 4.39. The summed E-state index contributed by atoms with van der Waals surface area (Å²) in [6.45, 7) is 0. The second kappa shape index (κ2) is 6.11. The molecule has 0 saturated heterocycles. The average molecular weight is 337 g/mol. The fraction of sp³-hybridized carbons (Fsp3) is 0. The third-order valence-corrected chi connectivity index (χ3v) is 3.01. The summed E-state index contributed by atoms with van der Waals surface area (Å²) in [4.78, 5) is 34.3. The van der Waals surface area contributed by atoms with Gasteiger partial charge >= 0.3 is 0 Å². The largest absolute Gasteiger partial charge is 0.290 e. The van der Waals surface area contributed by atoms with Gasteiger partial charge in [-0.05, 0) is 34.1 Å². The topological polar surface area (TPSA) is 104 Å². The van der Waals surface area contributed by atoms with Gasteiger partial charge < -0.3 is 0 Å². The van der Waals surface area contributed by atoms with Crippen LogP contribution in [0.15, 0.2) is 45.7 Å². The normalized spacial score (nSPS) is 9.85. The van der Waals surface area contributed by atoms with Crippen LogP contribution in [-0.2, 0) is 0 Å². The number of hydrogen-bond acceptors (Lipinski definition) is 4. The Bertz CT molecular complexity index is 693. The van der Waals surface area contributed by atoms with Gasteiger partial charge in [-0.2, -0.15) is 5.10 Å². The van der Waals surface area contributed by atoms with Crippen LogP contribution >= 0.6 is 15.9 Å². The molecule has 0 aliphatic rings. The van der Waals surface area contributed by atoms with Gasteiger partial charge in [-0.1, -0.05) is 12.1 Å². The van der Waals surface area contributed by atoms with Crippen molar-refractivity contribution in [3.63, 3.8) is 0 Å². The van der Waals surface area contributed by atoms with Gasteiger partial charge in [0, 0.05) is 10.5 Å². The number of hydrazine groups is 1. The maximum absolute atomic E-state index is 11.8. The van der Waals surface area contributed by atoms with Gasteiger partial charge in [-0.3, -0.25) is 25.2 Å². The molecule has 0 aliphatic carbocycles. The van der Waals surface area contributed by atoms with Crippen molar-refractivity contribution in [1.82, 2.24) is 21.0 Å². The summed E-state index contributed by atoms with van der Waals surface area (Å²) < 4.78 is 0.605. The number of rotatable bonds is 2. The minimum absolute atomic E-state index is 0.0166. The van der Waals surface area contributed by atoms with Crippen molar-refractivity contribution in [2.24, 2.45) is 0 Å². The number of carbonyl (C=O) groups excluding carboxylic acids is 2. The van der Waals surface area contributed by atoms with E-state index < -0.39 is 17.4 Å². The van der Waals surface area contributed by atoms with Crippen molar-refractivity contribution < 1.29 is 9.59 Å². The van der Waals surface area contributed by atoms with Gasteiger partial charge in [-0.25, -0.2) is 5.10 Å². The van der Waals surface area contributed by atoms with Crippen LogP contribution in [0, 0.1) is 0 Å². The Labute approximate surface area is 121 Å². The highest BCUT2D eigenvalue weighted by Gasteiger charge is 2.12. The number of carbonyl (C=O) groups is 2. The van der Waals surface area contributed by atoms with E-state index in [1.165, 1.54) is 6.07 Å². The number of H-pyrrole nitrogens is 1. The number of nitrogens with zero attached hydrogens (tertiary/aromatic N) is 1. The maximum Gasteiger partial charge on any atom is 0.290 e. The molecule has 2 amide bonds. The standard InChI is InChI=1S/C12H9BrN4O3/c13-8-4-2-1-3-7(8)11(19)16-17-12(20)9-5-6-10(18)15-14-9/h1-6H,(H,15,18)(H,16,19)(H,17,20). The minimum atomic E-state index is -0.637. The van der Waals surface area contributed by atoms with Gasteiger partial charge in [0.2, 0.25) is 0 Å². The van der Waals surface area contributed by atoms with E-state index in [-0.39, 0.29) is 5.69 Å². The first-order valence-corrected chi connectivity index (χ1v) is 6.28. The number of aromatic amines is 1. The van der Waals surface area contributed by atoms with Crippen molar-refractivity contribution in [2.45, 2.75) is 0 Å². The number of nitrogens with one attached hydrogen (secondary N) is 3. The Morgan fingerprint density at radius 1 is 1.05 bits per heavy atom. The first-order valence-electron chi connectivity index (χ1n) is 5.49. The fourth-order valence-electron chi connectivity index (χ4n) is 1.36. The van der Waals surface area contributed by atoms with E-state index in [9.17, 15) is 14.4 Å². The zero-order valence-corrected chi connectivity index (χ0v) is 11.6. The Morgan fingerprint density at radius 3 is 2.40 bits per heavy atom. The summed E-state index contributed by atoms with van der Waals surface area (Å²) in [6.07, 6.45) is 0. The predicted molar refractivity (Wildman–Crippen MR) is 73.9 cm³/mol. The van der Waals surface area contributed by atoms with Crippen LogP contribution < -0.4 is 16.4 Å². The predicted octanol–water partition coefficient (Wildman–Crippen LogP) is 0.607. The second-order valence-electron chi connectivity index (χ2n) is 3.69. The molecule has 102 valence electrons. The quantitative estimate of drug-likeness (QED) is 0.699. The van der Waals surface area contributed by atoms with E-state index in [0.717, 1.165) is 6.07 Å². The monoisotopic (exact) mass is 336 g/mol. The van der Waals surface area contributed by atoms with E-state index in [4.69, 9.17) is 0 Å². The molecule has 0 spiro atoms. The molecule has 3 N–H and O–H groups in total. The molecule has 0 bridgehead atoms. The zero-order valence-electron chi connectivity index (χ0n) is 10.0. The molecule has 1 aromatic heterocycles. The molecule has 0 saturated carbocycles. The Hall–Kier alpha value is -2.48. The third-order valence-electron chi connectivity index (χ3n) is 2.32. The van der Waals surface area contributed by atoms with Crippen LogP contribution in [0.1, 0.15) is 20.8 Å². The minimum Gasteiger partial charge on any atom is -0.268 e. The van der Waals surface area contributed by atoms with Crippen molar-refractivity contribution in [3.8, 4) is 0 Å². The zero-order chi connectivity index (χ0) is 14.5. The van der Waals surface area contributed by atoms with Crippen molar-refractivity contribution in [2.75, 3.05) is 0 Å². The lowest BCUT2D eigenvalue weighted by Crippen LogP contribution is -2.42. The van der Waals surface area contributed by atoms with Crippen molar-refractivity contribution >= 4 is 27.7 Å². The van der Waals surface area contributed by atoms with E-state index in [1.807, 2.05) is 0 Å². The molecule has 0 unspecified atom stereocenters. The molecular formula is C12H9BrN4O3. The smallest absolute Gasteiger partial charge is 0.268 e. The summed E-state index contributed by atoms with van der Waals surface area (Å²) in [6, 6.07) is 9.19. The van der Waals surface area contributed by atoms with Crippen LogP contribution in [0.25, 0.3) is 0 Å². The molecule has 0 fully saturated rings. The van der Waals surface area contributed by atoms with E-state index >= 15 is 0 Å². The first kappa shape index (κ1) is 13.9. The molecule has 0 aliphatic heterocycles. The van der Waals surface area contributed by atoms with Crippen molar-refractivity contribution in [3.05, 3.63) is 62.5 Å². The fourth-order valence-corrected chi connectivity index (χ4v) is 1.83. The maximum atomic E-state index is 11.8. The number of benzene rings is 1. The SMILES string of the molecule is O=C(NNC(=O)c1ccccc1Br)c1ccc(=O)[nH]n1. The highest BCUT2D eigenvalue weighted by molar-refractivity contribution is 9.10. The lowest BCUT2D eigenvalue weighted by molar-refractivity contribution is 0.0843. The van der Waals surface area contributed by atoms with Crippen LogP contribution in [-0.4, -0.2) is 22.0 Å². The lowest BCUT2D eigenvalue weighted by Gasteiger charge is -2.07. The highest BCUT2D eigenvalue weighted by atomic mass is 79.9. The Morgan fingerprint density at radius 2 is 1.75 bits per heavy atom. The molecule has 1 aromatic carbocycles. The molecule has 0 atom stereocenters. The van der Waals surface area contributed by atoms with E-state index in [1.54, 1.807) is 24.3 Å². The molecule has 8 heteroatoms. The van der Waals surface area contributed by atoms with E-state index in [2.05, 4.69) is 37.0 Å². The van der Waals surface area contributed by atoms with Gasteiger partial charge in [0.1, 0.15) is 0 Å². The average Bonchev–Trinajstić information content (AvgIpc) is 2.45. The molecular weight excluding hydrogens is 328 g/mol. The molecule has 0 radical (unpaired) electrons.